The first-order chi connectivity index (χ1) is 17.9. The number of anilines is 1. The van der Waals surface area contributed by atoms with Crippen molar-refractivity contribution in [1.29, 1.82) is 0 Å². The number of H-pyrrole nitrogens is 1. The van der Waals surface area contributed by atoms with Crippen LogP contribution in [0.4, 0.5) is 5.69 Å². The summed E-state index contributed by atoms with van der Waals surface area (Å²) >= 11 is 6.20. The highest BCUT2D eigenvalue weighted by Gasteiger charge is 2.27. The molecule has 4 aromatic rings. The van der Waals surface area contributed by atoms with Gasteiger partial charge in [-0.2, -0.15) is 0 Å². The molecule has 194 valence electrons. The number of benzene rings is 3. The Balaban J connectivity index is 1.82. The van der Waals surface area contributed by atoms with Gasteiger partial charge in [0.2, 0.25) is 0 Å². The van der Waals surface area contributed by atoms with Crippen LogP contribution in [0.2, 0.25) is 5.02 Å². The number of hydrogen-bond donors (Lipinski definition) is 4. The maximum Gasteiger partial charge on any atom is 0.191 e. The number of carbonyl (C=O) groups excluding carboxylic acids is 1. The predicted molar refractivity (Wildman–Crippen MR) is 146 cm³/mol. The van der Waals surface area contributed by atoms with E-state index < -0.39 is 6.04 Å². The number of methoxy groups -OCH3 is 1. The monoisotopic (exact) mass is 522 g/mol. The zero-order valence-corrected chi connectivity index (χ0v) is 21.9. The molecule has 0 aliphatic heterocycles. The Morgan fingerprint density at radius 3 is 2.51 bits per heavy atom. The highest BCUT2D eigenvalue weighted by Crippen LogP contribution is 2.34. The van der Waals surface area contributed by atoms with Crippen molar-refractivity contribution in [2.45, 2.75) is 39.5 Å². The Labute approximate surface area is 221 Å². The van der Waals surface area contributed by atoms with Crippen molar-refractivity contribution >= 4 is 34.0 Å². The molecule has 4 N–H and O–H groups in total. The first kappa shape index (κ1) is 26.5. The van der Waals surface area contributed by atoms with E-state index in [0.717, 1.165) is 28.5 Å². The number of Topliss-reactive ketones (excluding diaryl/α,β-unsaturated/α-hetero) is 1. The minimum Gasteiger partial charge on any atom is -0.497 e. The molecule has 1 aromatic heterocycles. The fourth-order valence-electron chi connectivity index (χ4n) is 4.37. The van der Waals surface area contributed by atoms with Crippen LogP contribution in [-0.2, 0) is 13.2 Å². The van der Waals surface area contributed by atoms with Gasteiger partial charge in [0.05, 0.1) is 26.9 Å². The van der Waals surface area contributed by atoms with E-state index in [1.54, 1.807) is 43.6 Å². The SMILES string of the molecule is CCCOc1cc(NC(C(=O)c2c[nH]c3cc(CO)c(C)cc23)c2ccc(Cl)cc2CO)cc(OC)c1. The summed E-state index contributed by atoms with van der Waals surface area (Å²) in [6.07, 6.45) is 2.53. The molecule has 0 fully saturated rings. The number of nitrogens with one attached hydrogen (secondary N) is 2. The zero-order chi connectivity index (χ0) is 26.5. The Kier molecular flexibility index (Phi) is 8.38. The summed E-state index contributed by atoms with van der Waals surface area (Å²) in [6, 6.07) is 13.4. The minimum atomic E-state index is -0.845. The van der Waals surface area contributed by atoms with E-state index >= 15 is 0 Å². The lowest BCUT2D eigenvalue weighted by Crippen LogP contribution is -2.23. The van der Waals surface area contributed by atoms with Crippen LogP contribution >= 0.6 is 11.6 Å². The number of carbonyl (C=O) groups is 1. The van der Waals surface area contributed by atoms with Gasteiger partial charge in [-0.15, -0.1) is 0 Å². The highest BCUT2D eigenvalue weighted by atomic mass is 35.5. The van der Waals surface area contributed by atoms with Crippen molar-refractivity contribution in [3.8, 4) is 11.5 Å². The van der Waals surface area contributed by atoms with Crippen LogP contribution in [0.5, 0.6) is 11.5 Å². The van der Waals surface area contributed by atoms with Crippen molar-refractivity contribution in [3.63, 3.8) is 0 Å². The summed E-state index contributed by atoms with van der Waals surface area (Å²) in [5.74, 6) is 1.01. The number of aliphatic hydroxyl groups is 2. The highest BCUT2D eigenvalue weighted by molar-refractivity contribution is 6.30. The Morgan fingerprint density at radius 2 is 1.81 bits per heavy atom. The van der Waals surface area contributed by atoms with E-state index in [-0.39, 0.29) is 19.0 Å². The summed E-state index contributed by atoms with van der Waals surface area (Å²) in [7, 11) is 1.57. The summed E-state index contributed by atoms with van der Waals surface area (Å²) in [6.45, 7) is 4.11. The van der Waals surface area contributed by atoms with E-state index in [2.05, 4.69) is 10.3 Å². The van der Waals surface area contributed by atoms with Gasteiger partial charge >= 0.3 is 0 Å². The van der Waals surface area contributed by atoms with Crippen LogP contribution < -0.4 is 14.8 Å². The van der Waals surface area contributed by atoms with Crippen LogP contribution in [0, 0.1) is 6.92 Å². The molecule has 0 saturated carbocycles. The predicted octanol–water partition coefficient (Wildman–Crippen LogP) is 5.95. The molecule has 0 saturated heterocycles. The van der Waals surface area contributed by atoms with E-state index in [4.69, 9.17) is 21.1 Å². The van der Waals surface area contributed by atoms with E-state index in [0.29, 0.717) is 45.5 Å². The fraction of sp³-hybridized carbons (Fsp3) is 0.276. The zero-order valence-electron chi connectivity index (χ0n) is 21.1. The van der Waals surface area contributed by atoms with Gasteiger partial charge in [0.1, 0.15) is 17.5 Å². The number of aromatic amines is 1. The lowest BCUT2D eigenvalue weighted by atomic mass is 9.92. The van der Waals surface area contributed by atoms with Crippen LogP contribution in [0.15, 0.2) is 54.7 Å². The topological polar surface area (TPSA) is 104 Å². The maximum absolute atomic E-state index is 14.1. The van der Waals surface area contributed by atoms with Gasteiger partial charge in [0.25, 0.3) is 0 Å². The first-order valence-electron chi connectivity index (χ1n) is 12.1. The summed E-state index contributed by atoms with van der Waals surface area (Å²) in [4.78, 5) is 17.3. The van der Waals surface area contributed by atoms with Gasteiger partial charge in [-0.25, -0.2) is 0 Å². The lowest BCUT2D eigenvalue weighted by molar-refractivity contribution is 0.0970. The molecule has 0 bridgehead atoms. The van der Waals surface area contributed by atoms with Crippen LogP contribution in [0.25, 0.3) is 10.9 Å². The normalized spacial score (nSPS) is 11.9. The van der Waals surface area contributed by atoms with Crippen LogP contribution in [0.3, 0.4) is 0 Å². The average Bonchev–Trinajstić information content (AvgIpc) is 3.32. The lowest BCUT2D eigenvalue weighted by Gasteiger charge is -2.23. The summed E-state index contributed by atoms with van der Waals surface area (Å²) < 4.78 is 11.3. The fourth-order valence-corrected chi connectivity index (χ4v) is 4.57. The van der Waals surface area contributed by atoms with Gasteiger partial charge in [-0.05, 0) is 59.9 Å². The second-order valence-electron chi connectivity index (χ2n) is 8.87. The Bertz CT molecular complexity index is 1420. The van der Waals surface area contributed by atoms with Crippen molar-refractivity contribution in [2.75, 3.05) is 19.0 Å². The number of aromatic nitrogens is 1. The molecule has 8 heteroatoms. The van der Waals surface area contributed by atoms with Crippen molar-refractivity contribution in [3.05, 3.63) is 87.6 Å². The average molecular weight is 523 g/mol. The van der Waals surface area contributed by atoms with Crippen molar-refractivity contribution in [1.82, 2.24) is 4.98 Å². The second-order valence-corrected chi connectivity index (χ2v) is 9.31. The third-order valence-electron chi connectivity index (χ3n) is 6.32. The molecule has 1 heterocycles. The summed E-state index contributed by atoms with van der Waals surface area (Å²) in [5.41, 5.74) is 4.70. The Morgan fingerprint density at radius 1 is 1.05 bits per heavy atom. The largest absolute Gasteiger partial charge is 0.497 e. The van der Waals surface area contributed by atoms with E-state index in [1.807, 2.05) is 32.0 Å². The number of hydrogen-bond acceptors (Lipinski definition) is 6. The molecular weight excluding hydrogens is 492 g/mol. The van der Waals surface area contributed by atoms with Gasteiger partial charge in [-0.1, -0.05) is 24.6 Å². The first-order valence-corrected chi connectivity index (χ1v) is 12.5. The van der Waals surface area contributed by atoms with E-state index in [1.165, 1.54) is 0 Å². The third kappa shape index (κ3) is 5.74. The Hall–Kier alpha value is -3.52. The van der Waals surface area contributed by atoms with Gasteiger partial charge in [-0.3, -0.25) is 4.79 Å². The molecule has 0 aliphatic carbocycles. The number of fused-ring (bicyclic) bond motifs is 1. The number of ketones is 1. The van der Waals surface area contributed by atoms with Gasteiger partial charge in [0.15, 0.2) is 5.78 Å². The summed E-state index contributed by atoms with van der Waals surface area (Å²) in [5, 5.41) is 24.3. The molecule has 0 radical (unpaired) electrons. The molecule has 1 unspecified atom stereocenters. The molecule has 3 aromatic carbocycles. The van der Waals surface area contributed by atoms with E-state index in [9.17, 15) is 15.0 Å². The molecule has 0 amide bonds. The quantitative estimate of drug-likeness (QED) is 0.181. The standard InChI is InChI=1S/C29H31ClN2O5/c1-4-7-37-23-12-21(11-22(13-23)36-3)32-28(24-6-5-20(30)9-19(24)16-34)29(35)26-14-31-27-10-18(15-33)17(2)8-25(26)27/h5-6,8-14,28,31-34H,4,7,15-16H2,1-3H3. The number of rotatable bonds is 11. The van der Waals surface area contributed by atoms with Crippen molar-refractivity contribution in [2.24, 2.45) is 0 Å². The molecule has 0 spiro atoms. The van der Waals surface area contributed by atoms with Crippen LogP contribution in [0.1, 0.15) is 52.0 Å². The smallest absolute Gasteiger partial charge is 0.191 e. The number of aryl methyl sites for hydroxylation is 1. The molecule has 7 nitrogen and oxygen atoms in total. The number of aliphatic hydroxyl groups excluding tert-OH is 2. The van der Waals surface area contributed by atoms with Gasteiger partial charge < -0.3 is 30.0 Å². The maximum atomic E-state index is 14.1. The number of ether oxygens (including phenoxy) is 2. The number of halogens is 1. The minimum absolute atomic E-state index is 0.0861. The third-order valence-corrected chi connectivity index (χ3v) is 6.56. The molecule has 4 rings (SSSR count). The van der Waals surface area contributed by atoms with Gasteiger partial charge in [0, 0.05) is 51.6 Å². The second kappa shape index (κ2) is 11.7. The molecule has 0 aliphatic rings. The molecule has 1 atom stereocenters. The molecule has 37 heavy (non-hydrogen) atoms. The molecular formula is C29H31ClN2O5. The van der Waals surface area contributed by atoms with Crippen LogP contribution in [-0.4, -0.2) is 34.7 Å². The van der Waals surface area contributed by atoms with Crippen molar-refractivity contribution < 1.29 is 24.5 Å².